The van der Waals surface area contributed by atoms with Gasteiger partial charge in [0, 0.05) is 12.2 Å². The molecule has 0 aromatic heterocycles. The highest BCUT2D eigenvalue weighted by Gasteiger charge is 2.24. The second-order valence-corrected chi connectivity index (χ2v) is 5.09. The summed E-state index contributed by atoms with van der Waals surface area (Å²) in [5, 5.41) is 2.48. The van der Waals surface area contributed by atoms with Crippen molar-refractivity contribution in [1.29, 1.82) is 0 Å². The van der Waals surface area contributed by atoms with Crippen LogP contribution in [0.1, 0.15) is 15.9 Å². The van der Waals surface area contributed by atoms with Crippen LogP contribution in [0.5, 0.6) is 0 Å². The number of halogens is 1. The highest BCUT2D eigenvalue weighted by Crippen LogP contribution is 2.27. The van der Waals surface area contributed by atoms with Gasteiger partial charge in [0.05, 0.1) is 12.1 Å². The summed E-state index contributed by atoms with van der Waals surface area (Å²) in [6, 6.07) is 13.4. The summed E-state index contributed by atoms with van der Waals surface area (Å²) in [7, 11) is 0. The van der Waals surface area contributed by atoms with Gasteiger partial charge in [0.25, 0.3) is 5.91 Å². The zero-order chi connectivity index (χ0) is 15.5. The van der Waals surface area contributed by atoms with Crippen LogP contribution in [0.15, 0.2) is 48.5 Å². The van der Waals surface area contributed by atoms with Gasteiger partial charge in [-0.2, -0.15) is 0 Å². The van der Waals surface area contributed by atoms with Crippen molar-refractivity contribution in [1.82, 2.24) is 5.32 Å². The topological polar surface area (TPSA) is 49.4 Å². The molecule has 4 nitrogen and oxygen atoms in total. The van der Waals surface area contributed by atoms with E-state index in [4.69, 9.17) is 0 Å². The van der Waals surface area contributed by atoms with E-state index >= 15 is 0 Å². The van der Waals surface area contributed by atoms with Crippen LogP contribution in [-0.4, -0.2) is 24.9 Å². The Morgan fingerprint density at radius 1 is 1.09 bits per heavy atom. The summed E-state index contributed by atoms with van der Waals surface area (Å²) in [6.07, 6.45) is 0.809. The van der Waals surface area contributed by atoms with Crippen molar-refractivity contribution in [3.8, 4) is 0 Å². The Bertz CT molecular complexity index is 730. The van der Waals surface area contributed by atoms with Gasteiger partial charge >= 0.3 is 0 Å². The molecule has 0 saturated carbocycles. The maximum Gasteiger partial charge on any atom is 0.254 e. The van der Waals surface area contributed by atoms with Gasteiger partial charge in [0.2, 0.25) is 5.91 Å². The third kappa shape index (κ3) is 2.70. The minimum atomic E-state index is -0.598. The fraction of sp³-hybridized carbons (Fsp3) is 0.176. The number of benzene rings is 2. The number of nitrogens with zero attached hydrogens (tertiary/aromatic N) is 1. The summed E-state index contributed by atoms with van der Waals surface area (Å²) in [6.45, 7) is 0.454. The van der Waals surface area contributed by atoms with E-state index in [9.17, 15) is 14.0 Å². The van der Waals surface area contributed by atoms with E-state index in [1.54, 1.807) is 11.0 Å². The van der Waals surface area contributed by atoms with Gasteiger partial charge in [-0.3, -0.25) is 9.59 Å². The van der Waals surface area contributed by atoms with Gasteiger partial charge in [-0.25, -0.2) is 4.39 Å². The van der Waals surface area contributed by atoms with Gasteiger partial charge < -0.3 is 10.2 Å². The van der Waals surface area contributed by atoms with E-state index in [0.29, 0.717) is 6.54 Å². The van der Waals surface area contributed by atoms with Crippen molar-refractivity contribution in [2.45, 2.75) is 6.42 Å². The number of amides is 2. The van der Waals surface area contributed by atoms with Crippen LogP contribution >= 0.6 is 0 Å². The highest BCUT2D eigenvalue weighted by atomic mass is 19.1. The first-order chi connectivity index (χ1) is 10.7. The maximum atomic E-state index is 13.5. The van der Waals surface area contributed by atoms with E-state index in [1.165, 1.54) is 18.2 Å². The van der Waals surface area contributed by atoms with Crippen LogP contribution in [0.25, 0.3) is 0 Å². The molecule has 0 fully saturated rings. The molecule has 0 unspecified atom stereocenters. The maximum absolute atomic E-state index is 13.5. The summed E-state index contributed by atoms with van der Waals surface area (Å²) in [5.41, 5.74) is 1.95. The third-order valence-corrected chi connectivity index (χ3v) is 3.71. The zero-order valence-electron chi connectivity index (χ0n) is 11.9. The Balaban J connectivity index is 1.64. The van der Waals surface area contributed by atoms with Crippen molar-refractivity contribution >= 4 is 17.5 Å². The van der Waals surface area contributed by atoms with Gasteiger partial charge in [-0.1, -0.05) is 30.3 Å². The third-order valence-electron chi connectivity index (χ3n) is 3.71. The molecule has 0 bridgehead atoms. The molecule has 0 radical (unpaired) electrons. The molecule has 112 valence electrons. The Morgan fingerprint density at radius 3 is 2.64 bits per heavy atom. The lowest BCUT2D eigenvalue weighted by Gasteiger charge is -2.17. The Labute approximate surface area is 127 Å². The minimum absolute atomic E-state index is 0.0582. The predicted octanol–water partition coefficient (Wildman–Crippen LogP) is 2.14. The first-order valence-corrected chi connectivity index (χ1v) is 7.08. The Hall–Kier alpha value is -2.69. The second-order valence-electron chi connectivity index (χ2n) is 5.09. The molecule has 0 saturated heterocycles. The van der Waals surface area contributed by atoms with Crippen molar-refractivity contribution in [3.63, 3.8) is 0 Å². The lowest BCUT2D eigenvalue weighted by atomic mass is 10.2. The quantitative estimate of drug-likeness (QED) is 0.944. The second kappa shape index (κ2) is 5.97. The van der Waals surface area contributed by atoms with Crippen LogP contribution in [0, 0.1) is 5.82 Å². The molecule has 3 rings (SSSR count). The average Bonchev–Trinajstić information content (AvgIpc) is 2.97. The van der Waals surface area contributed by atoms with Crippen LogP contribution in [-0.2, 0) is 11.2 Å². The molecule has 1 aliphatic heterocycles. The fourth-order valence-electron chi connectivity index (χ4n) is 2.59. The number of anilines is 1. The molecule has 1 aliphatic rings. The number of rotatable bonds is 3. The number of para-hydroxylation sites is 1. The van der Waals surface area contributed by atoms with E-state index in [1.807, 2.05) is 24.3 Å². The standard InChI is InChI=1S/C17H15FN2O2/c18-14-7-3-2-6-13(14)17(22)19-11-16(21)20-10-9-12-5-1-4-8-15(12)20/h1-8H,9-11H2,(H,19,22). The molecule has 1 heterocycles. The lowest BCUT2D eigenvalue weighted by molar-refractivity contribution is -0.117. The molecular weight excluding hydrogens is 283 g/mol. The molecule has 2 aromatic carbocycles. The summed E-state index contributed by atoms with van der Waals surface area (Å²) >= 11 is 0. The Kier molecular flexibility index (Phi) is 3.87. The summed E-state index contributed by atoms with van der Waals surface area (Å²) in [5.74, 6) is -1.38. The molecule has 5 heteroatoms. The molecule has 0 aliphatic carbocycles. The van der Waals surface area contributed by atoms with Gasteiger partial charge in [-0.15, -0.1) is 0 Å². The number of hydrogen-bond donors (Lipinski definition) is 1. The van der Waals surface area contributed by atoms with Gasteiger partial charge in [0.1, 0.15) is 5.82 Å². The Morgan fingerprint density at radius 2 is 1.82 bits per heavy atom. The van der Waals surface area contributed by atoms with E-state index in [-0.39, 0.29) is 18.0 Å². The van der Waals surface area contributed by atoms with E-state index in [0.717, 1.165) is 17.7 Å². The zero-order valence-corrected chi connectivity index (χ0v) is 11.9. The van der Waals surface area contributed by atoms with Crippen molar-refractivity contribution < 1.29 is 14.0 Å². The highest BCUT2D eigenvalue weighted by molar-refractivity contribution is 6.01. The predicted molar refractivity (Wildman–Crippen MR) is 81.2 cm³/mol. The van der Waals surface area contributed by atoms with Crippen molar-refractivity contribution in [3.05, 3.63) is 65.5 Å². The fourth-order valence-corrected chi connectivity index (χ4v) is 2.59. The number of hydrogen-bond acceptors (Lipinski definition) is 2. The number of nitrogens with one attached hydrogen (secondary N) is 1. The smallest absolute Gasteiger partial charge is 0.254 e. The average molecular weight is 298 g/mol. The van der Waals surface area contributed by atoms with Crippen LogP contribution < -0.4 is 10.2 Å². The van der Waals surface area contributed by atoms with E-state index < -0.39 is 11.7 Å². The van der Waals surface area contributed by atoms with Crippen LogP contribution in [0.4, 0.5) is 10.1 Å². The van der Waals surface area contributed by atoms with Crippen LogP contribution in [0.2, 0.25) is 0 Å². The minimum Gasteiger partial charge on any atom is -0.343 e. The first kappa shape index (κ1) is 14.3. The van der Waals surface area contributed by atoms with Crippen molar-refractivity contribution in [2.24, 2.45) is 0 Å². The summed E-state index contributed by atoms with van der Waals surface area (Å²) in [4.78, 5) is 25.8. The number of carbonyl (C=O) groups is 2. The first-order valence-electron chi connectivity index (χ1n) is 7.08. The molecule has 0 atom stereocenters. The number of fused-ring (bicyclic) bond motifs is 1. The summed E-state index contributed by atoms with van der Waals surface area (Å²) < 4.78 is 13.5. The van der Waals surface area contributed by atoms with Gasteiger partial charge in [-0.05, 0) is 30.2 Å². The molecule has 22 heavy (non-hydrogen) atoms. The van der Waals surface area contributed by atoms with E-state index in [2.05, 4.69) is 5.32 Å². The molecule has 2 aromatic rings. The normalized spacial score (nSPS) is 12.9. The van der Waals surface area contributed by atoms with Crippen molar-refractivity contribution in [2.75, 3.05) is 18.0 Å². The lowest BCUT2D eigenvalue weighted by Crippen LogP contribution is -2.39. The molecule has 1 N–H and O–H groups in total. The molecule has 0 spiro atoms. The monoisotopic (exact) mass is 298 g/mol. The van der Waals surface area contributed by atoms with Crippen LogP contribution in [0.3, 0.4) is 0 Å². The SMILES string of the molecule is O=C(NCC(=O)N1CCc2ccccc21)c1ccccc1F. The number of carbonyl (C=O) groups excluding carboxylic acids is 2. The molecular formula is C17H15FN2O2. The van der Waals surface area contributed by atoms with Gasteiger partial charge in [0.15, 0.2) is 0 Å². The molecule has 2 amide bonds. The largest absolute Gasteiger partial charge is 0.343 e.